The molecule has 0 saturated carbocycles. The molecule has 9 heteroatoms. The van der Waals surface area contributed by atoms with Crippen molar-refractivity contribution >= 4 is 45.5 Å². The van der Waals surface area contributed by atoms with Crippen molar-refractivity contribution in [2.75, 3.05) is 11.9 Å². The number of hydrogen-bond acceptors (Lipinski definition) is 6. The number of non-ortho nitro benzene ring substituents is 1. The molecule has 1 N–H and O–H groups in total. The van der Waals surface area contributed by atoms with Gasteiger partial charge in [0.1, 0.15) is 10.6 Å². The second kappa shape index (κ2) is 9.51. The molecule has 2 aromatic carbocycles. The van der Waals surface area contributed by atoms with Crippen molar-refractivity contribution in [3.63, 3.8) is 0 Å². The molecular formula is C21H17ClN2O5S. The minimum atomic E-state index is -0.575. The average Bonchev–Trinajstić information content (AvgIpc) is 3.13. The average molecular weight is 445 g/mol. The number of anilines is 1. The predicted molar refractivity (Wildman–Crippen MR) is 116 cm³/mol. The lowest BCUT2D eigenvalue weighted by Crippen LogP contribution is -2.16. The zero-order valence-electron chi connectivity index (χ0n) is 15.9. The van der Waals surface area contributed by atoms with Gasteiger partial charge < -0.3 is 10.1 Å². The van der Waals surface area contributed by atoms with Gasteiger partial charge in [-0.05, 0) is 42.3 Å². The van der Waals surface area contributed by atoms with E-state index < -0.39 is 10.9 Å². The molecule has 0 spiro atoms. The highest BCUT2D eigenvalue weighted by Crippen LogP contribution is 2.37. The van der Waals surface area contributed by atoms with Crippen molar-refractivity contribution in [3.05, 3.63) is 80.2 Å². The van der Waals surface area contributed by atoms with Crippen molar-refractivity contribution in [2.45, 2.75) is 13.3 Å². The second-order valence-electron chi connectivity index (χ2n) is 6.23. The maximum absolute atomic E-state index is 12.6. The maximum atomic E-state index is 12.6. The van der Waals surface area contributed by atoms with E-state index in [1.54, 1.807) is 48.7 Å². The van der Waals surface area contributed by atoms with Gasteiger partial charge >= 0.3 is 5.97 Å². The zero-order chi connectivity index (χ0) is 21.7. The van der Waals surface area contributed by atoms with Gasteiger partial charge in [-0.3, -0.25) is 14.9 Å². The highest BCUT2D eigenvalue weighted by molar-refractivity contribution is 7.15. The van der Waals surface area contributed by atoms with Crippen LogP contribution in [0.1, 0.15) is 22.8 Å². The third-order valence-corrected chi connectivity index (χ3v) is 5.34. The van der Waals surface area contributed by atoms with Crippen molar-refractivity contribution in [2.24, 2.45) is 0 Å². The standard InChI is InChI=1S/C21H17ClN2O5S/c1-2-29-21(26)19-17(14-5-9-16(10-6-14)24(27)28)12-30-20(19)23-18(25)11-13-3-7-15(22)8-4-13/h3-10,12H,2,11H2,1H3,(H,23,25). The topological polar surface area (TPSA) is 98.5 Å². The number of hydrogen-bond donors (Lipinski definition) is 1. The Balaban J connectivity index is 1.88. The quantitative estimate of drug-likeness (QED) is 0.301. The van der Waals surface area contributed by atoms with Crippen LogP contribution in [0.5, 0.6) is 0 Å². The molecule has 0 saturated heterocycles. The van der Waals surface area contributed by atoms with Crippen LogP contribution in [0.15, 0.2) is 53.9 Å². The Labute approximate surface area is 181 Å². The van der Waals surface area contributed by atoms with E-state index in [-0.39, 0.29) is 30.2 Å². The third-order valence-electron chi connectivity index (χ3n) is 4.19. The number of halogens is 1. The van der Waals surface area contributed by atoms with Crippen molar-refractivity contribution < 1.29 is 19.2 Å². The van der Waals surface area contributed by atoms with Crippen LogP contribution >= 0.6 is 22.9 Å². The van der Waals surface area contributed by atoms with Gasteiger partial charge in [-0.2, -0.15) is 0 Å². The summed E-state index contributed by atoms with van der Waals surface area (Å²) in [5.74, 6) is -0.867. The first-order valence-corrected chi connectivity index (χ1v) is 10.2. The van der Waals surface area contributed by atoms with E-state index in [2.05, 4.69) is 5.32 Å². The molecule has 0 aliphatic heterocycles. The number of nitrogens with zero attached hydrogens (tertiary/aromatic N) is 1. The fraction of sp³-hybridized carbons (Fsp3) is 0.143. The number of nitrogens with one attached hydrogen (secondary N) is 1. The number of carbonyl (C=O) groups is 2. The fourth-order valence-corrected chi connectivity index (χ4v) is 3.89. The van der Waals surface area contributed by atoms with Crippen LogP contribution in [0.2, 0.25) is 5.02 Å². The summed E-state index contributed by atoms with van der Waals surface area (Å²) in [7, 11) is 0. The van der Waals surface area contributed by atoms with Crippen LogP contribution in [-0.4, -0.2) is 23.4 Å². The first-order valence-electron chi connectivity index (χ1n) is 8.96. The maximum Gasteiger partial charge on any atom is 0.341 e. The minimum absolute atomic E-state index is 0.0526. The van der Waals surface area contributed by atoms with Gasteiger partial charge in [-0.25, -0.2) is 4.79 Å². The van der Waals surface area contributed by atoms with E-state index in [0.717, 1.165) is 5.56 Å². The largest absolute Gasteiger partial charge is 0.462 e. The van der Waals surface area contributed by atoms with Gasteiger partial charge in [0.15, 0.2) is 0 Å². The van der Waals surface area contributed by atoms with Crippen LogP contribution in [0.4, 0.5) is 10.7 Å². The molecule has 0 fully saturated rings. The number of benzene rings is 2. The number of esters is 1. The lowest BCUT2D eigenvalue weighted by atomic mass is 10.0. The minimum Gasteiger partial charge on any atom is -0.462 e. The van der Waals surface area contributed by atoms with Gasteiger partial charge in [0.2, 0.25) is 5.91 Å². The Morgan fingerprint density at radius 2 is 1.80 bits per heavy atom. The number of nitro groups is 1. The summed E-state index contributed by atoms with van der Waals surface area (Å²) in [4.78, 5) is 35.5. The molecule has 0 aliphatic carbocycles. The van der Waals surface area contributed by atoms with E-state index in [0.29, 0.717) is 21.2 Å². The van der Waals surface area contributed by atoms with Crippen LogP contribution in [0.25, 0.3) is 11.1 Å². The molecule has 7 nitrogen and oxygen atoms in total. The van der Waals surface area contributed by atoms with Gasteiger partial charge in [-0.15, -0.1) is 11.3 Å². The van der Waals surface area contributed by atoms with Gasteiger partial charge in [0.05, 0.1) is 18.0 Å². The summed E-state index contributed by atoms with van der Waals surface area (Å²) < 4.78 is 5.16. The van der Waals surface area contributed by atoms with Gasteiger partial charge in [0.25, 0.3) is 5.69 Å². The summed E-state index contributed by atoms with van der Waals surface area (Å²) >= 11 is 7.05. The number of rotatable bonds is 7. The molecule has 154 valence electrons. The van der Waals surface area contributed by atoms with Crippen LogP contribution < -0.4 is 5.32 Å². The summed E-state index contributed by atoms with van der Waals surface area (Å²) in [6, 6.07) is 12.7. The van der Waals surface area contributed by atoms with E-state index >= 15 is 0 Å². The summed E-state index contributed by atoms with van der Waals surface area (Å²) in [5, 5.41) is 16.3. The van der Waals surface area contributed by atoms with Crippen LogP contribution in [-0.2, 0) is 16.0 Å². The SMILES string of the molecule is CCOC(=O)c1c(-c2ccc([N+](=O)[O-])cc2)csc1NC(=O)Cc1ccc(Cl)cc1. The highest BCUT2D eigenvalue weighted by atomic mass is 35.5. The molecular weight excluding hydrogens is 428 g/mol. The molecule has 0 radical (unpaired) electrons. The van der Waals surface area contributed by atoms with E-state index in [9.17, 15) is 19.7 Å². The summed E-state index contributed by atoms with van der Waals surface area (Å²) in [5.41, 5.74) is 2.10. The monoisotopic (exact) mass is 444 g/mol. The number of thiophene rings is 1. The van der Waals surface area contributed by atoms with E-state index in [4.69, 9.17) is 16.3 Å². The predicted octanol–water partition coefficient (Wildman–Crippen LogP) is 5.33. The smallest absolute Gasteiger partial charge is 0.341 e. The molecule has 1 heterocycles. The number of amides is 1. The first kappa shape index (κ1) is 21.5. The number of ether oxygens (including phenoxy) is 1. The Kier molecular flexibility index (Phi) is 6.81. The highest BCUT2D eigenvalue weighted by Gasteiger charge is 2.23. The Morgan fingerprint density at radius 1 is 1.13 bits per heavy atom. The second-order valence-corrected chi connectivity index (χ2v) is 7.55. The molecule has 3 aromatic rings. The lowest BCUT2D eigenvalue weighted by molar-refractivity contribution is -0.384. The normalized spacial score (nSPS) is 10.5. The summed E-state index contributed by atoms with van der Waals surface area (Å²) in [6.45, 7) is 1.86. The lowest BCUT2D eigenvalue weighted by Gasteiger charge is -2.09. The molecule has 0 bridgehead atoms. The molecule has 3 rings (SSSR count). The van der Waals surface area contributed by atoms with Crippen molar-refractivity contribution in [1.82, 2.24) is 0 Å². The Bertz CT molecular complexity index is 1080. The molecule has 0 unspecified atom stereocenters. The van der Waals surface area contributed by atoms with Gasteiger partial charge in [0, 0.05) is 28.1 Å². The van der Waals surface area contributed by atoms with E-state index in [1.807, 2.05) is 0 Å². The number of nitro benzene ring substituents is 1. The summed E-state index contributed by atoms with van der Waals surface area (Å²) in [6.07, 6.45) is 0.115. The van der Waals surface area contributed by atoms with Crippen LogP contribution in [0.3, 0.4) is 0 Å². The van der Waals surface area contributed by atoms with Crippen molar-refractivity contribution in [3.8, 4) is 11.1 Å². The molecule has 1 aromatic heterocycles. The Morgan fingerprint density at radius 3 is 2.40 bits per heavy atom. The third kappa shape index (κ3) is 5.03. The molecule has 0 atom stereocenters. The molecule has 0 aliphatic rings. The zero-order valence-corrected chi connectivity index (χ0v) is 17.5. The van der Waals surface area contributed by atoms with Crippen molar-refractivity contribution in [1.29, 1.82) is 0 Å². The number of carbonyl (C=O) groups excluding carboxylic acids is 2. The first-order chi connectivity index (χ1) is 14.4. The fourth-order valence-electron chi connectivity index (χ4n) is 2.79. The molecule has 30 heavy (non-hydrogen) atoms. The Hall–Kier alpha value is -3.23. The van der Waals surface area contributed by atoms with Crippen LogP contribution in [0, 0.1) is 10.1 Å². The molecule has 1 amide bonds. The van der Waals surface area contributed by atoms with E-state index in [1.165, 1.54) is 23.5 Å². The van der Waals surface area contributed by atoms with Gasteiger partial charge in [-0.1, -0.05) is 23.7 Å².